The number of carboxylic acids is 1. The Morgan fingerprint density at radius 2 is 2.05 bits per heavy atom. The van der Waals surface area contributed by atoms with Crippen molar-refractivity contribution < 1.29 is 9.90 Å². The number of imidazole rings is 1. The van der Waals surface area contributed by atoms with Crippen molar-refractivity contribution in [3.63, 3.8) is 0 Å². The largest absolute Gasteiger partial charge is 0.478 e. The second-order valence-corrected chi connectivity index (χ2v) is 5.26. The van der Waals surface area contributed by atoms with Crippen molar-refractivity contribution in [2.24, 2.45) is 0 Å². The minimum Gasteiger partial charge on any atom is -0.478 e. The Hall–Kier alpha value is -1.84. The number of aromatic carboxylic acids is 1. The van der Waals surface area contributed by atoms with Gasteiger partial charge in [0.25, 0.3) is 0 Å². The van der Waals surface area contributed by atoms with Crippen LogP contribution < -0.4 is 0 Å². The molecule has 1 unspecified atom stereocenters. The van der Waals surface area contributed by atoms with Crippen molar-refractivity contribution in [1.29, 1.82) is 0 Å². The van der Waals surface area contributed by atoms with E-state index < -0.39 is 5.97 Å². The van der Waals surface area contributed by atoms with E-state index in [1.165, 1.54) is 0 Å². The maximum atomic E-state index is 11.0. The van der Waals surface area contributed by atoms with Gasteiger partial charge in [0.2, 0.25) is 0 Å². The van der Waals surface area contributed by atoms with Gasteiger partial charge in [-0.15, -0.1) is 0 Å². The molecule has 0 spiro atoms. The zero-order valence-corrected chi connectivity index (χ0v) is 11.8. The number of hydrogen-bond acceptors (Lipinski definition) is 2. The summed E-state index contributed by atoms with van der Waals surface area (Å²) in [6.07, 6.45) is 1.02. The van der Waals surface area contributed by atoms with Gasteiger partial charge < -0.3 is 9.67 Å². The van der Waals surface area contributed by atoms with Gasteiger partial charge in [-0.05, 0) is 31.5 Å². The predicted octanol–water partition coefficient (Wildman–Crippen LogP) is 3.83. The summed E-state index contributed by atoms with van der Waals surface area (Å²) in [6, 6.07) is 5.53. The van der Waals surface area contributed by atoms with Crippen LogP contribution in [0.5, 0.6) is 0 Å². The van der Waals surface area contributed by atoms with E-state index in [0.717, 1.165) is 23.3 Å². The quantitative estimate of drug-likeness (QED) is 0.909. The van der Waals surface area contributed by atoms with Crippen LogP contribution in [-0.4, -0.2) is 20.6 Å². The Morgan fingerprint density at radius 1 is 1.37 bits per heavy atom. The van der Waals surface area contributed by atoms with E-state index in [-0.39, 0.29) is 5.56 Å². The minimum absolute atomic E-state index is 0.289. The maximum absolute atomic E-state index is 11.0. The van der Waals surface area contributed by atoms with Crippen LogP contribution in [0.4, 0.5) is 0 Å². The molecule has 0 aliphatic rings. The molecule has 0 aliphatic heterocycles. The van der Waals surface area contributed by atoms with Gasteiger partial charge >= 0.3 is 5.97 Å². The van der Waals surface area contributed by atoms with Gasteiger partial charge in [0.05, 0.1) is 16.6 Å². The van der Waals surface area contributed by atoms with E-state index in [1.807, 2.05) is 6.07 Å². The van der Waals surface area contributed by atoms with E-state index in [1.54, 1.807) is 12.1 Å². The molecule has 0 saturated heterocycles. The third-order valence-electron chi connectivity index (χ3n) is 3.51. The summed E-state index contributed by atoms with van der Waals surface area (Å²) >= 11 is 0. The molecule has 19 heavy (non-hydrogen) atoms. The fourth-order valence-electron chi connectivity index (χ4n) is 2.30. The summed E-state index contributed by atoms with van der Waals surface area (Å²) in [7, 11) is 0. The Balaban J connectivity index is 2.70. The molecule has 1 N–H and O–H groups in total. The number of nitrogens with zero attached hydrogens (tertiary/aromatic N) is 2. The van der Waals surface area contributed by atoms with Crippen molar-refractivity contribution >= 4 is 17.0 Å². The second-order valence-electron chi connectivity index (χ2n) is 5.26. The van der Waals surface area contributed by atoms with Gasteiger partial charge in [-0.1, -0.05) is 20.8 Å². The van der Waals surface area contributed by atoms with Gasteiger partial charge in [-0.25, -0.2) is 9.78 Å². The molecule has 4 heteroatoms. The number of benzene rings is 1. The van der Waals surface area contributed by atoms with Gasteiger partial charge in [0.1, 0.15) is 5.82 Å². The molecule has 0 fully saturated rings. The zero-order chi connectivity index (χ0) is 14.2. The summed E-state index contributed by atoms with van der Waals surface area (Å²) in [5, 5.41) is 9.05. The fraction of sp³-hybridized carbons (Fsp3) is 0.467. The summed E-state index contributed by atoms with van der Waals surface area (Å²) in [5.41, 5.74) is 2.07. The van der Waals surface area contributed by atoms with Crippen LogP contribution in [-0.2, 0) is 0 Å². The Kier molecular flexibility index (Phi) is 3.60. The Morgan fingerprint density at radius 3 is 2.58 bits per heavy atom. The lowest BCUT2D eigenvalue weighted by Crippen LogP contribution is -2.09. The Bertz CT molecular complexity index is 614. The highest BCUT2D eigenvalue weighted by atomic mass is 16.4. The summed E-state index contributed by atoms with van der Waals surface area (Å²) in [4.78, 5) is 15.6. The molecular weight excluding hydrogens is 240 g/mol. The van der Waals surface area contributed by atoms with Crippen molar-refractivity contribution in [2.45, 2.75) is 46.1 Å². The van der Waals surface area contributed by atoms with Crippen LogP contribution in [0.25, 0.3) is 11.0 Å². The first-order valence-electron chi connectivity index (χ1n) is 6.70. The lowest BCUT2D eigenvalue weighted by Gasteiger charge is -2.17. The first-order chi connectivity index (χ1) is 8.95. The molecule has 1 aromatic heterocycles. The van der Waals surface area contributed by atoms with E-state index >= 15 is 0 Å². The third kappa shape index (κ3) is 2.35. The standard InChI is InChI=1S/C15H20N2O2/c1-5-10(4)17-13-7-6-11(15(18)19)8-12(13)16-14(17)9(2)3/h6-10H,5H2,1-4H3,(H,18,19). The molecule has 0 saturated carbocycles. The van der Waals surface area contributed by atoms with Crippen molar-refractivity contribution in [1.82, 2.24) is 9.55 Å². The summed E-state index contributed by atoms with van der Waals surface area (Å²) < 4.78 is 2.23. The average molecular weight is 260 g/mol. The number of carbonyl (C=O) groups is 1. The molecule has 0 amide bonds. The van der Waals surface area contributed by atoms with E-state index in [0.29, 0.717) is 12.0 Å². The highest BCUT2D eigenvalue weighted by molar-refractivity contribution is 5.92. The summed E-state index contributed by atoms with van der Waals surface area (Å²) in [5.74, 6) is 0.424. The number of aromatic nitrogens is 2. The minimum atomic E-state index is -0.911. The number of fused-ring (bicyclic) bond motifs is 1. The highest BCUT2D eigenvalue weighted by Crippen LogP contribution is 2.27. The lowest BCUT2D eigenvalue weighted by atomic mass is 10.1. The van der Waals surface area contributed by atoms with E-state index in [2.05, 4.69) is 37.2 Å². The average Bonchev–Trinajstić information content (AvgIpc) is 2.76. The number of rotatable bonds is 4. The molecule has 1 heterocycles. The Labute approximate surface area is 113 Å². The molecule has 1 aromatic carbocycles. The molecule has 1 atom stereocenters. The molecule has 2 rings (SSSR count). The molecule has 102 valence electrons. The first kappa shape index (κ1) is 13.6. The van der Waals surface area contributed by atoms with Gasteiger partial charge in [0.15, 0.2) is 0 Å². The predicted molar refractivity (Wildman–Crippen MR) is 75.8 cm³/mol. The molecule has 0 aliphatic carbocycles. The fourth-order valence-corrected chi connectivity index (χ4v) is 2.30. The highest BCUT2D eigenvalue weighted by Gasteiger charge is 2.18. The maximum Gasteiger partial charge on any atom is 0.335 e. The molecule has 0 bridgehead atoms. The van der Waals surface area contributed by atoms with Gasteiger partial charge in [0, 0.05) is 12.0 Å². The van der Waals surface area contributed by atoms with Gasteiger partial charge in [-0.2, -0.15) is 0 Å². The van der Waals surface area contributed by atoms with Crippen LogP contribution in [0, 0.1) is 0 Å². The molecular formula is C15H20N2O2. The topological polar surface area (TPSA) is 55.1 Å². The van der Waals surface area contributed by atoms with Crippen LogP contribution >= 0.6 is 0 Å². The smallest absolute Gasteiger partial charge is 0.335 e. The molecule has 2 aromatic rings. The normalized spacial score (nSPS) is 13.1. The number of hydrogen-bond donors (Lipinski definition) is 1. The van der Waals surface area contributed by atoms with Crippen LogP contribution in [0.3, 0.4) is 0 Å². The van der Waals surface area contributed by atoms with E-state index in [4.69, 9.17) is 5.11 Å². The summed E-state index contributed by atoms with van der Waals surface area (Å²) in [6.45, 7) is 8.53. The van der Waals surface area contributed by atoms with Crippen LogP contribution in [0.2, 0.25) is 0 Å². The van der Waals surface area contributed by atoms with Crippen molar-refractivity contribution in [3.05, 3.63) is 29.6 Å². The first-order valence-corrected chi connectivity index (χ1v) is 6.70. The molecule has 4 nitrogen and oxygen atoms in total. The van der Waals surface area contributed by atoms with Crippen LogP contribution in [0.15, 0.2) is 18.2 Å². The second kappa shape index (κ2) is 5.03. The van der Waals surface area contributed by atoms with Gasteiger partial charge in [-0.3, -0.25) is 0 Å². The zero-order valence-electron chi connectivity index (χ0n) is 11.8. The SMILES string of the molecule is CCC(C)n1c(C(C)C)nc2cc(C(=O)O)ccc21. The monoisotopic (exact) mass is 260 g/mol. The van der Waals surface area contributed by atoms with Crippen molar-refractivity contribution in [2.75, 3.05) is 0 Å². The number of carboxylic acid groups (broad SMARTS) is 1. The lowest BCUT2D eigenvalue weighted by molar-refractivity contribution is 0.0697. The molecule has 0 radical (unpaired) electrons. The van der Waals surface area contributed by atoms with E-state index in [9.17, 15) is 4.79 Å². The van der Waals surface area contributed by atoms with Crippen molar-refractivity contribution in [3.8, 4) is 0 Å². The third-order valence-corrected chi connectivity index (χ3v) is 3.51. The van der Waals surface area contributed by atoms with Crippen LogP contribution in [0.1, 0.15) is 62.3 Å².